The Morgan fingerprint density at radius 2 is 1.74 bits per heavy atom. The quantitative estimate of drug-likeness (QED) is 0.721. The van der Waals surface area contributed by atoms with Gasteiger partial charge in [0.25, 0.3) is 5.91 Å². The summed E-state index contributed by atoms with van der Waals surface area (Å²) in [6.07, 6.45) is 6.14. The van der Waals surface area contributed by atoms with Gasteiger partial charge >= 0.3 is 0 Å². The fourth-order valence-electron chi connectivity index (χ4n) is 2.96. The van der Waals surface area contributed by atoms with Crippen LogP contribution in [0.3, 0.4) is 0 Å². The van der Waals surface area contributed by atoms with E-state index in [0.29, 0.717) is 5.56 Å². The molecule has 5 heteroatoms. The fraction of sp³-hybridized carbons (Fsp3) is 0.227. The smallest absolute Gasteiger partial charge is 0.257 e. The van der Waals surface area contributed by atoms with Gasteiger partial charge < -0.3 is 10.2 Å². The third kappa shape index (κ3) is 5.14. The minimum Gasteiger partial charge on any atom is -0.359 e. The van der Waals surface area contributed by atoms with Gasteiger partial charge in [-0.2, -0.15) is 0 Å². The van der Waals surface area contributed by atoms with Crippen molar-refractivity contribution in [3.63, 3.8) is 0 Å². The molecule has 1 N–H and O–H groups in total. The molecule has 0 aliphatic rings. The van der Waals surface area contributed by atoms with Gasteiger partial charge in [0.1, 0.15) is 5.82 Å². The number of aryl methyl sites for hydroxylation is 2. The van der Waals surface area contributed by atoms with Crippen LogP contribution in [0, 0.1) is 13.8 Å². The summed E-state index contributed by atoms with van der Waals surface area (Å²) >= 11 is 0. The molecule has 0 atom stereocenters. The Labute approximate surface area is 160 Å². The van der Waals surface area contributed by atoms with Crippen molar-refractivity contribution in [1.82, 2.24) is 9.97 Å². The van der Waals surface area contributed by atoms with E-state index in [0.717, 1.165) is 35.6 Å². The van der Waals surface area contributed by atoms with E-state index >= 15 is 0 Å². The van der Waals surface area contributed by atoms with Crippen molar-refractivity contribution in [1.29, 1.82) is 0 Å². The van der Waals surface area contributed by atoms with Crippen LogP contribution in [-0.2, 0) is 6.42 Å². The summed E-state index contributed by atoms with van der Waals surface area (Å²) in [5.41, 5.74) is 4.82. The summed E-state index contributed by atoms with van der Waals surface area (Å²) in [4.78, 5) is 23.0. The monoisotopic (exact) mass is 360 g/mol. The highest BCUT2D eigenvalue weighted by Gasteiger charge is 2.09. The zero-order valence-electron chi connectivity index (χ0n) is 15.9. The minimum atomic E-state index is -0.154. The van der Waals surface area contributed by atoms with E-state index < -0.39 is 0 Å². The van der Waals surface area contributed by atoms with Crippen LogP contribution < -0.4 is 10.2 Å². The zero-order chi connectivity index (χ0) is 19.2. The van der Waals surface area contributed by atoms with Crippen LogP contribution in [0.4, 0.5) is 11.5 Å². The number of aromatic nitrogens is 2. The van der Waals surface area contributed by atoms with Crippen LogP contribution >= 0.6 is 0 Å². The molecule has 1 amide bonds. The van der Waals surface area contributed by atoms with E-state index in [1.165, 1.54) is 5.56 Å². The van der Waals surface area contributed by atoms with Crippen molar-refractivity contribution < 1.29 is 4.79 Å². The van der Waals surface area contributed by atoms with E-state index in [2.05, 4.69) is 26.3 Å². The molecule has 0 fully saturated rings. The maximum Gasteiger partial charge on any atom is 0.257 e. The van der Waals surface area contributed by atoms with Crippen molar-refractivity contribution in [2.75, 3.05) is 23.8 Å². The normalized spacial score (nSPS) is 10.5. The van der Waals surface area contributed by atoms with Crippen LogP contribution in [0.5, 0.6) is 0 Å². The highest BCUT2D eigenvalue weighted by Crippen LogP contribution is 2.16. The van der Waals surface area contributed by atoms with Gasteiger partial charge in [-0.25, -0.2) is 4.98 Å². The maximum absolute atomic E-state index is 12.5. The predicted molar refractivity (Wildman–Crippen MR) is 109 cm³/mol. The number of carbonyl (C=O) groups excluding carboxylic acids is 1. The van der Waals surface area contributed by atoms with E-state index in [1.807, 2.05) is 57.3 Å². The lowest BCUT2D eigenvalue weighted by Gasteiger charge is -2.18. The molecule has 5 nitrogen and oxygen atoms in total. The lowest BCUT2D eigenvalue weighted by Crippen LogP contribution is -2.21. The van der Waals surface area contributed by atoms with Crippen molar-refractivity contribution in [2.24, 2.45) is 0 Å². The molecule has 0 spiro atoms. The number of nitrogens with zero attached hydrogens (tertiary/aromatic N) is 3. The van der Waals surface area contributed by atoms with Gasteiger partial charge in [0.15, 0.2) is 0 Å². The number of likely N-dealkylation sites (N-methyl/N-ethyl adjacent to an activating group) is 1. The molecule has 0 bridgehead atoms. The van der Waals surface area contributed by atoms with Crippen molar-refractivity contribution in [2.45, 2.75) is 20.3 Å². The summed E-state index contributed by atoms with van der Waals surface area (Å²) < 4.78 is 0. The largest absolute Gasteiger partial charge is 0.359 e. The number of benzene rings is 1. The third-order valence-electron chi connectivity index (χ3n) is 4.37. The highest BCUT2D eigenvalue weighted by molar-refractivity contribution is 6.04. The molecule has 27 heavy (non-hydrogen) atoms. The number of hydrogen-bond acceptors (Lipinski definition) is 4. The zero-order valence-corrected chi connectivity index (χ0v) is 15.9. The number of pyridine rings is 2. The molecular formula is C22H24N4O. The average molecular weight is 360 g/mol. The summed E-state index contributed by atoms with van der Waals surface area (Å²) in [7, 11) is 2.00. The van der Waals surface area contributed by atoms with Gasteiger partial charge in [0, 0.05) is 37.9 Å². The first-order chi connectivity index (χ1) is 13.0. The molecule has 0 aliphatic heterocycles. The fourth-order valence-corrected chi connectivity index (χ4v) is 2.96. The van der Waals surface area contributed by atoms with Gasteiger partial charge in [0.2, 0.25) is 0 Å². The molecule has 2 heterocycles. The van der Waals surface area contributed by atoms with Gasteiger partial charge in [0.05, 0.1) is 5.56 Å². The molecule has 0 saturated carbocycles. The second-order valence-electron chi connectivity index (χ2n) is 6.76. The van der Waals surface area contributed by atoms with Crippen LogP contribution in [-0.4, -0.2) is 29.5 Å². The lowest BCUT2D eigenvalue weighted by molar-refractivity contribution is 0.102. The Bertz CT molecular complexity index is 887. The third-order valence-corrected chi connectivity index (χ3v) is 4.37. The van der Waals surface area contributed by atoms with Crippen molar-refractivity contribution in [3.8, 4) is 0 Å². The summed E-state index contributed by atoms with van der Waals surface area (Å²) in [6, 6.07) is 13.7. The number of rotatable bonds is 6. The van der Waals surface area contributed by atoms with E-state index in [1.54, 1.807) is 18.6 Å². The van der Waals surface area contributed by atoms with Gasteiger partial charge in [-0.05, 0) is 73.4 Å². The molecular weight excluding hydrogens is 336 g/mol. The van der Waals surface area contributed by atoms with Crippen LogP contribution in [0.1, 0.15) is 27.0 Å². The minimum absolute atomic E-state index is 0.154. The topological polar surface area (TPSA) is 58.1 Å². The first kappa shape index (κ1) is 18.6. The molecule has 0 aliphatic carbocycles. The SMILES string of the molecule is Cc1cc(C)cc(NC(=O)c2ccc(N(C)CCc3ccncc3)nc2)c1. The second-order valence-corrected chi connectivity index (χ2v) is 6.76. The van der Waals surface area contributed by atoms with Gasteiger partial charge in [-0.1, -0.05) is 6.07 Å². The summed E-state index contributed by atoms with van der Waals surface area (Å²) in [6.45, 7) is 4.87. The first-order valence-corrected chi connectivity index (χ1v) is 8.97. The Morgan fingerprint density at radius 1 is 1.04 bits per heavy atom. The molecule has 0 radical (unpaired) electrons. The molecule has 138 valence electrons. The molecule has 0 saturated heterocycles. The second kappa shape index (κ2) is 8.45. The number of amides is 1. The summed E-state index contributed by atoms with van der Waals surface area (Å²) in [5.74, 6) is 0.686. The average Bonchev–Trinajstić information content (AvgIpc) is 2.66. The van der Waals surface area contributed by atoms with E-state index in [-0.39, 0.29) is 5.91 Å². The number of hydrogen-bond donors (Lipinski definition) is 1. The molecule has 2 aromatic heterocycles. The summed E-state index contributed by atoms with van der Waals surface area (Å²) in [5, 5.41) is 2.94. The van der Waals surface area contributed by atoms with Crippen molar-refractivity contribution >= 4 is 17.4 Å². The van der Waals surface area contributed by atoms with Gasteiger partial charge in [-0.15, -0.1) is 0 Å². The van der Waals surface area contributed by atoms with E-state index in [9.17, 15) is 4.79 Å². The Kier molecular flexibility index (Phi) is 5.81. The lowest BCUT2D eigenvalue weighted by atomic mass is 10.1. The van der Waals surface area contributed by atoms with Crippen LogP contribution in [0.15, 0.2) is 61.1 Å². The molecule has 1 aromatic carbocycles. The molecule has 0 unspecified atom stereocenters. The predicted octanol–water partition coefficient (Wildman–Crippen LogP) is 4.02. The molecule has 3 rings (SSSR count). The molecule has 3 aromatic rings. The van der Waals surface area contributed by atoms with Crippen LogP contribution in [0.25, 0.3) is 0 Å². The number of anilines is 2. The van der Waals surface area contributed by atoms with E-state index in [4.69, 9.17) is 0 Å². The Hall–Kier alpha value is -3.21. The highest BCUT2D eigenvalue weighted by atomic mass is 16.1. The Morgan fingerprint density at radius 3 is 2.37 bits per heavy atom. The number of carbonyl (C=O) groups is 1. The first-order valence-electron chi connectivity index (χ1n) is 8.97. The maximum atomic E-state index is 12.5. The Balaban J connectivity index is 1.61. The van der Waals surface area contributed by atoms with Crippen LogP contribution in [0.2, 0.25) is 0 Å². The van der Waals surface area contributed by atoms with Crippen molar-refractivity contribution in [3.05, 3.63) is 83.3 Å². The number of nitrogens with one attached hydrogen (secondary N) is 1. The standard InChI is InChI=1S/C22H24N4O/c1-16-12-17(2)14-20(13-16)25-22(27)19-4-5-21(24-15-19)26(3)11-8-18-6-9-23-10-7-18/h4-7,9-10,12-15H,8,11H2,1-3H3,(H,25,27). The van der Waals surface area contributed by atoms with Gasteiger partial charge in [-0.3, -0.25) is 9.78 Å².